The molecule has 6 aliphatic heterocycles. The molecular weight excluding hydrogens is 1600 g/mol. The number of aryl methyl sites for hydroxylation is 3. The Balaban J connectivity index is 0.000000181. The number of nitrogens with one attached hydrogen (secondary N) is 12. The molecule has 6 saturated heterocycles. The largest absolute Gasteiger partial charge is 0.447 e. The number of aromatic nitrogens is 6. The van der Waals surface area contributed by atoms with E-state index in [-0.39, 0.29) is 286 Å². The summed E-state index contributed by atoms with van der Waals surface area (Å²) >= 11 is 0. The van der Waals surface area contributed by atoms with E-state index in [0.717, 1.165) is 21.8 Å². The Bertz CT molecular complexity index is 8780. The maximum atomic E-state index is 11.5. The zero-order valence-corrected chi connectivity index (χ0v) is 68.5. The van der Waals surface area contributed by atoms with Crippen molar-refractivity contribution in [1.29, 1.82) is 0 Å². The first-order chi connectivity index (χ1) is 85.1. The summed E-state index contributed by atoms with van der Waals surface area (Å²) in [6.45, 7) is -28.1. The van der Waals surface area contributed by atoms with E-state index < -0.39 is 248 Å². The van der Waals surface area contributed by atoms with Crippen LogP contribution < -0.4 is 31.9 Å². The number of likely N-dealkylation sites (N-methyl/N-ethyl adjacent to an activating group) is 6. The minimum Gasteiger partial charge on any atom is -0.447 e. The SMILES string of the molecule is [2H]c1[nH]c2c([2H])c([2H])c(C[C@H]3COC(=O)N3)c([2H])c2c1C([2H])([2H])C([2H])([2H])N(C([2H])([2H])[2H])C([2H])([2H])[2H].[2H]c1[nH]c2c([2H])c([2H])c(C[C@H]3COC(=O)N3)c([2H])c2c1C([2H])([2H])C([2H])([2H])N(C)C.[2H]c1[nH]c2c([2H])c([2H])c(C[C@H]3COC(=O)N3)c([2H])c2c1C([2H])([2H])C([2H])([2H])N(C)C([2H])([2H])[2H].[2H]c1c(C[C@H]2COC(=O)N2[2H])c([2H])c2c(CCN(C([2H])([2H])[2H])C([2H])([2H])[2H])c([2H])n([2H])c2c1[2H].[2H]c1c(C[C@H]2COC(=O)N2[2H])c([2H])c2c(CCN(C)C([2H])([2H])[2H])c([2H])n([2H])c2c1[2H].[2H]c1c(C[C@H]2COC(=O)N2[2H])c([2H])c2c(CCN(C)C)c([2H])n([2H])c2c1[2H]. The lowest BCUT2D eigenvalue weighted by Crippen LogP contribution is -2.28. The van der Waals surface area contributed by atoms with Crippen molar-refractivity contribution in [2.24, 2.45) is 0 Å². The molecule has 18 rings (SSSR count). The third kappa shape index (κ3) is 26.5. The molecule has 0 radical (unpaired) electrons. The second kappa shape index (κ2) is 43.7. The molecule has 0 unspecified atom stereocenters. The second-order valence-corrected chi connectivity index (χ2v) is 29.3. The molecule has 30 nitrogen and oxygen atoms in total. The van der Waals surface area contributed by atoms with E-state index in [0.29, 0.717) is 54.7 Å². The van der Waals surface area contributed by atoms with E-state index in [1.807, 2.05) is 19.0 Å². The first kappa shape index (κ1) is 42.0. The van der Waals surface area contributed by atoms with Crippen molar-refractivity contribution < 1.29 is 140 Å². The summed E-state index contributed by atoms with van der Waals surface area (Å²) in [6, 6.07) is -9.97. The third-order valence-corrected chi connectivity index (χ3v) is 18.7. The fourth-order valence-corrected chi connectivity index (χ4v) is 12.7. The van der Waals surface area contributed by atoms with Crippen LogP contribution in [0.4, 0.5) is 28.8 Å². The van der Waals surface area contributed by atoms with Crippen LogP contribution >= 0.6 is 0 Å². The Morgan fingerprint density at radius 1 is 0.310 bits per heavy atom. The highest BCUT2D eigenvalue weighted by atomic mass is 16.6. The summed E-state index contributed by atoms with van der Waals surface area (Å²) < 4.78 is 511. The van der Waals surface area contributed by atoms with Crippen LogP contribution in [-0.2, 0) is 105 Å². The van der Waals surface area contributed by atoms with Crippen LogP contribution in [0.3, 0.4) is 0 Å². The Morgan fingerprint density at radius 2 is 0.571 bits per heavy atom. The monoisotopic (exact) mass is 1780 g/mol. The minimum absolute atomic E-state index is 0.000252. The van der Waals surface area contributed by atoms with Crippen LogP contribution in [0.5, 0.6) is 0 Å². The van der Waals surface area contributed by atoms with Crippen molar-refractivity contribution >= 4 is 102 Å². The number of H-pyrrole nitrogens is 6. The molecule has 12 heterocycles. The topological polar surface area (TPSA) is 344 Å². The van der Waals surface area contributed by atoms with E-state index in [1.54, 1.807) is 0 Å². The van der Waals surface area contributed by atoms with Crippen molar-refractivity contribution in [2.45, 2.75) is 113 Å². The molecule has 6 aliphatic rings. The van der Waals surface area contributed by atoms with Gasteiger partial charge in [-0.3, -0.25) is 0 Å². The Morgan fingerprint density at radius 3 is 0.849 bits per heavy atom. The number of carbonyl (C=O) groups is 6. The molecule has 30 heteroatoms. The van der Waals surface area contributed by atoms with Gasteiger partial charge >= 0.3 is 36.6 Å². The van der Waals surface area contributed by atoms with Crippen LogP contribution in [0.25, 0.3) is 65.4 Å². The molecule has 6 aromatic carbocycles. The number of benzene rings is 6. The number of amides is 6. The van der Waals surface area contributed by atoms with Gasteiger partial charge in [-0.2, -0.15) is 0 Å². The highest BCUT2D eigenvalue weighted by Gasteiger charge is 2.29. The number of fused-ring (bicyclic) bond motifs is 6. The maximum absolute atomic E-state index is 11.5. The molecule has 6 fully saturated rings. The van der Waals surface area contributed by atoms with Crippen LogP contribution in [-0.4, -0.2) is 295 Å². The van der Waals surface area contributed by atoms with E-state index in [9.17, 15) is 28.8 Å². The van der Waals surface area contributed by atoms with Crippen LogP contribution in [0.15, 0.2) is 146 Å². The van der Waals surface area contributed by atoms with Gasteiger partial charge in [0.05, 0.1) is 69.1 Å². The number of hydrogen-bond donors (Lipinski definition) is 12. The van der Waals surface area contributed by atoms with Gasteiger partial charge in [0.25, 0.3) is 0 Å². The van der Waals surface area contributed by atoms with Gasteiger partial charge in [-0.1, -0.05) is 36.3 Å². The number of hydrogen-bond acceptors (Lipinski definition) is 18. The zero-order valence-electron chi connectivity index (χ0n) is 128. The van der Waals surface area contributed by atoms with E-state index >= 15 is 0 Å². The van der Waals surface area contributed by atoms with Crippen molar-refractivity contribution in [3.63, 3.8) is 0 Å². The first-order valence-electron chi connectivity index (χ1n) is 68.5. The standard InChI is InChI=1S/6C16H21N3O2/c6*1-19(2)6-5-12-9-17-15-4-3-11(8-14(12)15)7-13-10-21-16(20)18-13/h6*3-4,8-9,13,17H,5-7,10H2,1-2H3,(H,18,20)/t6*13-/m000000/s1/i1D3,2D3,3D,4D,5D2,6D2,8D,9D;1D3,3D,4D,5D2,6D2,8D,9D;3D,4D,5D2,6D2,8D,9D;1D3,2D3,3D,4D,8D,9D;1D3,3D,4D,8D,9D;3D,4D,8D,9D/hD6. The highest BCUT2D eigenvalue weighted by molar-refractivity contribution is 5.88. The Hall–Kier alpha value is -12.1. The van der Waals surface area contributed by atoms with E-state index in [2.05, 4.69) is 30.9 Å². The molecule has 0 spiro atoms. The molecule has 0 bridgehead atoms. The Kier molecular flexibility index (Phi) is 14.6. The summed E-state index contributed by atoms with van der Waals surface area (Å²) in [6.07, 6.45) is -16.7. The average Bonchev–Trinajstić information content (AvgIpc) is 1.51. The van der Waals surface area contributed by atoms with Gasteiger partial charge in [0, 0.05) is 183 Å². The van der Waals surface area contributed by atoms with Crippen LogP contribution in [0.2, 0.25) is 8.47 Å². The molecule has 126 heavy (non-hydrogen) atoms. The minimum atomic E-state index is -3.75. The molecular formula is C96H126N18O12. The fourth-order valence-electron chi connectivity index (χ4n) is 12.7. The van der Waals surface area contributed by atoms with Gasteiger partial charge in [0.1, 0.15) is 39.6 Å². The van der Waals surface area contributed by atoms with Crippen molar-refractivity contribution in [2.75, 3.05) is 163 Å². The summed E-state index contributed by atoms with van der Waals surface area (Å²) in [5, 5.41) is 8.94. The lowest BCUT2D eigenvalue weighted by molar-refractivity contribution is 0.176. The van der Waals surface area contributed by atoms with Gasteiger partial charge < -0.3 is 120 Å². The molecule has 0 aliphatic carbocycles. The Labute approximate surface area is 821 Å². The smallest absolute Gasteiger partial charge is 0.407 e. The number of carbonyl (C=O) groups excluding carboxylic acids is 6. The van der Waals surface area contributed by atoms with Crippen molar-refractivity contribution in [1.82, 2.24) is 91.2 Å². The summed E-state index contributed by atoms with van der Waals surface area (Å²) in [5.74, 6) is 0. The maximum Gasteiger partial charge on any atom is 0.407 e. The second-order valence-electron chi connectivity index (χ2n) is 29.3. The number of rotatable bonds is 30. The quantitative estimate of drug-likeness (QED) is 0.0186. The predicted octanol–water partition coefficient (Wildman–Crippen LogP) is 11.5. The van der Waals surface area contributed by atoms with Gasteiger partial charge in [0.15, 0.2) is 8.47 Å². The van der Waals surface area contributed by atoms with Crippen LogP contribution in [0.1, 0.15) is 141 Å². The fraction of sp³-hybridized carbons (Fsp3) is 0.438. The third-order valence-electron chi connectivity index (χ3n) is 18.7. The molecule has 0 saturated carbocycles. The van der Waals surface area contributed by atoms with Gasteiger partial charge in [-0.05, 0) is 300 Å². The summed E-state index contributed by atoms with van der Waals surface area (Å²) in [7, 11) is 8.79. The van der Waals surface area contributed by atoms with E-state index in [4.69, 9.17) is 111 Å². The number of nitrogens with zero attached hydrogens (tertiary/aromatic N) is 6. The first-order valence-corrected chi connectivity index (χ1v) is 38.8. The summed E-state index contributed by atoms with van der Waals surface area (Å²) in [5.41, 5.74) is -1.63. The summed E-state index contributed by atoms with van der Waals surface area (Å²) in [4.78, 5) is 81.6. The van der Waals surface area contributed by atoms with Gasteiger partial charge in [-0.25, -0.2) is 28.8 Å². The molecule has 12 aromatic rings. The van der Waals surface area contributed by atoms with E-state index in [1.165, 1.54) is 21.1 Å². The van der Waals surface area contributed by atoms with Crippen molar-refractivity contribution in [3.8, 4) is 0 Å². The predicted molar refractivity (Wildman–Crippen MR) is 495 cm³/mol. The molecule has 12 N–H and O–H groups in total. The zero-order chi connectivity index (χ0) is 141. The normalized spacial score (nSPS) is 26.6. The molecule has 6 atom stereocenters. The lowest BCUT2D eigenvalue weighted by Gasteiger charge is -2.09. The number of alkyl carbamates (subject to hydrolysis) is 6. The van der Waals surface area contributed by atoms with Crippen molar-refractivity contribution in [3.05, 3.63) is 213 Å². The molecule has 6 aromatic heterocycles. The number of cyclic esters (lactones) is 6. The number of aromatic amines is 6. The van der Waals surface area contributed by atoms with Crippen LogP contribution in [0, 0.1) is 0 Å². The number of ether oxygens (including phenoxy) is 6. The lowest BCUT2D eigenvalue weighted by atomic mass is 10.0. The molecule has 672 valence electrons. The highest BCUT2D eigenvalue weighted by Crippen LogP contribution is 2.29. The average molecular weight is 1780 g/mol. The van der Waals surface area contributed by atoms with Gasteiger partial charge in [-0.15, -0.1) is 0 Å². The molecule has 6 amide bonds. The van der Waals surface area contributed by atoms with Gasteiger partial charge in [0.2, 0.25) is 0 Å².